The van der Waals surface area contributed by atoms with Crippen LogP contribution in [0.2, 0.25) is 0 Å². The van der Waals surface area contributed by atoms with Gasteiger partial charge in [0.2, 0.25) is 5.91 Å². The molecule has 2 aromatic rings. The molecule has 0 atom stereocenters. The van der Waals surface area contributed by atoms with Gasteiger partial charge in [-0.05, 0) is 24.3 Å². The average molecular weight is 217 g/mol. The van der Waals surface area contributed by atoms with Gasteiger partial charge in [-0.15, -0.1) is 0 Å². The van der Waals surface area contributed by atoms with Crippen molar-refractivity contribution in [3.8, 4) is 0 Å². The lowest BCUT2D eigenvalue weighted by Crippen LogP contribution is -2.26. The number of benzene rings is 1. The van der Waals surface area contributed by atoms with E-state index in [1.165, 1.54) is 12.3 Å². The highest BCUT2D eigenvalue weighted by Gasteiger charge is 1.96. The maximum Gasteiger partial charge on any atom is 0.216 e. The van der Waals surface area contributed by atoms with Crippen molar-refractivity contribution in [1.82, 2.24) is 10.3 Å². The number of aromatic amines is 1. The average Bonchev–Trinajstić information content (AvgIpc) is 2.71. The number of carbonyl (C=O) groups excluding carboxylic acids is 1. The lowest BCUT2D eigenvalue weighted by Gasteiger charge is -2.06. The first-order valence-electron chi connectivity index (χ1n) is 5.31. The Morgan fingerprint density at radius 1 is 1.31 bits per heavy atom. The van der Waals surface area contributed by atoms with Gasteiger partial charge in [-0.25, -0.2) is 0 Å². The van der Waals surface area contributed by atoms with Crippen LogP contribution in [-0.4, -0.2) is 24.0 Å². The van der Waals surface area contributed by atoms with Gasteiger partial charge in [-0.1, -0.05) is 0 Å². The van der Waals surface area contributed by atoms with Crippen LogP contribution >= 0.6 is 0 Å². The number of fused-ring (bicyclic) bond motifs is 1. The van der Waals surface area contributed by atoms with Crippen molar-refractivity contribution in [2.24, 2.45) is 0 Å². The summed E-state index contributed by atoms with van der Waals surface area (Å²) in [5.74, 6) is 0.00267. The number of H-pyrrole nitrogens is 1. The van der Waals surface area contributed by atoms with Gasteiger partial charge in [0.25, 0.3) is 0 Å². The number of carbonyl (C=O) groups is 1. The molecular formula is C12H15N3O. The molecule has 3 N–H and O–H groups in total. The third-order valence-corrected chi connectivity index (χ3v) is 2.38. The Balaban J connectivity index is 1.91. The molecule has 4 nitrogen and oxygen atoms in total. The topological polar surface area (TPSA) is 56.9 Å². The number of nitrogens with one attached hydrogen (secondary N) is 3. The molecule has 84 valence electrons. The van der Waals surface area contributed by atoms with E-state index in [-0.39, 0.29) is 5.91 Å². The zero-order valence-corrected chi connectivity index (χ0v) is 9.21. The number of hydrogen-bond donors (Lipinski definition) is 3. The first-order chi connectivity index (χ1) is 7.75. The first-order valence-corrected chi connectivity index (χ1v) is 5.31. The molecule has 0 saturated heterocycles. The number of rotatable bonds is 4. The fraction of sp³-hybridized carbons (Fsp3) is 0.250. The molecule has 16 heavy (non-hydrogen) atoms. The third kappa shape index (κ3) is 2.53. The fourth-order valence-corrected chi connectivity index (χ4v) is 1.61. The second kappa shape index (κ2) is 4.70. The Bertz CT molecular complexity index is 490. The van der Waals surface area contributed by atoms with Crippen LogP contribution in [0.3, 0.4) is 0 Å². The van der Waals surface area contributed by atoms with E-state index >= 15 is 0 Å². The highest BCUT2D eigenvalue weighted by molar-refractivity contribution is 5.82. The minimum absolute atomic E-state index is 0.00267. The van der Waals surface area contributed by atoms with Crippen molar-refractivity contribution in [2.45, 2.75) is 6.92 Å². The molecule has 1 heterocycles. The standard InChI is InChI=1S/C12H15N3O/c1-9(16)13-6-7-14-11-2-3-12-10(8-11)4-5-15-12/h2-5,8,14-15H,6-7H2,1H3,(H,13,16). The van der Waals surface area contributed by atoms with E-state index in [1.54, 1.807) is 0 Å². The Morgan fingerprint density at radius 2 is 2.19 bits per heavy atom. The van der Waals surface area contributed by atoms with E-state index < -0.39 is 0 Å². The summed E-state index contributed by atoms with van der Waals surface area (Å²) < 4.78 is 0. The monoisotopic (exact) mass is 217 g/mol. The summed E-state index contributed by atoms with van der Waals surface area (Å²) >= 11 is 0. The highest BCUT2D eigenvalue weighted by Crippen LogP contribution is 2.17. The van der Waals surface area contributed by atoms with E-state index in [1.807, 2.05) is 24.4 Å². The second-order valence-electron chi connectivity index (χ2n) is 3.69. The van der Waals surface area contributed by atoms with Gasteiger partial charge in [-0.2, -0.15) is 0 Å². The Morgan fingerprint density at radius 3 is 3.00 bits per heavy atom. The summed E-state index contributed by atoms with van der Waals surface area (Å²) in [5.41, 5.74) is 2.20. The molecule has 0 aliphatic heterocycles. The van der Waals surface area contributed by atoms with Crippen molar-refractivity contribution in [3.63, 3.8) is 0 Å². The van der Waals surface area contributed by atoms with Gasteiger partial charge < -0.3 is 15.6 Å². The Kier molecular flexibility index (Phi) is 3.10. The minimum Gasteiger partial charge on any atom is -0.383 e. The van der Waals surface area contributed by atoms with Gasteiger partial charge in [0, 0.05) is 42.8 Å². The summed E-state index contributed by atoms with van der Waals surface area (Å²) in [7, 11) is 0. The Hall–Kier alpha value is -1.97. The molecule has 0 fully saturated rings. The fourth-order valence-electron chi connectivity index (χ4n) is 1.61. The van der Waals surface area contributed by atoms with E-state index in [2.05, 4.69) is 21.7 Å². The minimum atomic E-state index is 0.00267. The van der Waals surface area contributed by atoms with Crippen molar-refractivity contribution in [2.75, 3.05) is 18.4 Å². The first kappa shape index (κ1) is 10.5. The summed E-state index contributed by atoms with van der Waals surface area (Å²) in [6.45, 7) is 2.89. The van der Waals surface area contributed by atoms with E-state index in [9.17, 15) is 4.79 Å². The largest absolute Gasteiger partial charge is 0.383 e. The van der Waals surface area contributed by atoms with Crippen LogP contribution in [0.15, 0.2) is 30.5 Å². The quantitative estimate of drug-likeness (QED) is 0.683. The maximum absolute atomic E-state index is 10.7. The summed E-state index contributed by atoms with van der Waals surface area (Å²) in [4.78, 5) is 13.8. The molecule has 0 unspecified atom stereocenters. The van der Waals surface area contributed by atoms with Gasteiger partial charge >= 0.3 is 0 Å². The van der Waals surface area contributed by atoms with Gasteiger partial charge in [0.1, 0.15) is 0 Å². The van der Waals surface area contributed by atoms with E-state index in [0.717, 1.165) is 17.7 Å². The molecule has 0 bridgehead atoms. The molecule has 0 spiro atoms. The highest BCUT2D eigenvalue weighted by atomic mass is 16.1. The van der Waals surface area contributed by atoms with Crippen molar-refractivity contribution >= 4 is 22.5 Å². The third-order valence-electron chi connectivity index (χ3n) is 2.38. The van der Waals surface area contributed by atoms with Crippen LogP contribution < -0.4 is 10.6 Å². The summed E-state index contributed by atoms with van der Waals surface area (Å²) in [6, 6.07) is 8.18. The van der Waals surface area contributed by atoms with E-state index in [0.29, 0.717) is 6.54 Å². The SMILES string of the molecule is CC(=O)NCCNc1ccc2[nH]ccc2c1. The van der Waals surface area contributed by atoms with Crippen LogP contribution in [0.4, 0.5) is 5.69 Å². The molecule has 0 aliphatic carbocycles. The lowest BCUT2D eigenvalue weighted by atomic mass is 10.2. The molecule has 2 rings (SSSR count). The van der Waals surface area contributed by atoms with Crippen LogP contribution in [-0.2, 0) is 4.79 Å². The number of anilines is 1. The zero-order valence-electron chi connectivity index (χ0n) is 9.21. The molecular weight excluding hydrogens is 202 g/mol. The summed E-state index contributed by atoms with van der Waals surface area (Å²) in [5, 5.41) is 7.18. The zero-order chi connectivity index (χ0) is 11.4. The molecule has 1 aromatic carbocycles. The number of hydrogen-bond acceptors (Lipinski definition) is 2. The predicted octanol–water partition coefficient (Wildman–Crippen LogP) is 1.72. The van der Waals surface area contributed by atoms with Crippen molar-refractivity contribution in [3.05, 3.63) is 30.5 Å². The van der Waals surface area contributed by atoms with E-state index in [4.69, 9.17) is 0 Å². The van der Waals surface area contributed by atoms with Crippen molar-refractivity contribution in [1.29, 1.82) is 0 Å². The normalized spacial score (nSPS) is 10.3. The lowest BCUT2D eigenvalue weighted by molar-refractivity contribution is -0.118. The summed E-state index contributed by atoms with van der Waals surface area (Å²) in [6.07, 6.45) is 1.92. The molecule has 1 aromatic heterocycles. The molecule has 0 saturated carbocycles. The molecule has 0 aliphatic rings. The van der Waals surface area contributed by atoms with Crippen molar-refractivity contribution < 1.29 is 4.79 Å². The molecule has 1 amide bonds. The van der Waals surface area contributed by atoms with Gasteiger partial charge in [0.05, 0.1) is 0 Å². The smallest absolute Gasteiger partial charge is 0.216 e. The maximum atomic E-state index is 10.7. The number of amides is 1. The van der Waals surface area contributed by atoms with Gasteiger partial charge in [0.15, 0.2) is 0 Å². The van der Waals surface area contributed by atoms with Crippen LogP contribution in [0.1, 0.15) is 6.92 Å². The predicted molar refractivity (Wildman–Crippen MR) is 65.5 cm³/mol. The second-order valence-corrected chi connectivity index (χ2v) is 3.69. The van der Waals surface area contributed by atoms with Crippen LogP contribution in [0, 0.1) is 0 Å². The van der Waals surface area contributed by atoms with Crippen LogP contribution in [0.5, 0.6) is 0 Å². The van der Waals surface area contributed by atoms with Crippen LogP contribution in [0.25, 0.3) is 10.9 Å². The number of aromatic nitrogens is 1. The Labute approximate surface area is 94.0 Å². The van der Waals surface area contributed by atoms with Gasteiger partial charge in [-0.3, -0.25) is 4.79 Å². The molecule has 0 radical (unpaired) electrons. The molecule has 4 heteroatoms.